The quantitative estimate of drug-likeness (QED) is 0.674. The number of anilines is 1. The van der Waals surface area contributed by atoms with Crippen LogP contribution in [-0.4, -0.2) is 26.5 Å². The van der Waals surface area contributed by atoms with E-state index in [9.17, 15) is 0 Å². The van der Waals surface area contributed by atoms with Gasteiger partial charge >= 0.3 is 0 Å². The van der Waals surface area contributed by atoms with E-state index in [0.717, 1.165) is 28.8 Å². The summed E-state index contributed by atoms with van der Waals surface area (Å²) in [5, 5.41) is 4.72. The summed E-state index contributed by atoms with van der Waals surface area (Å²) < 4.78 is 0. The van der Waals surface area contributed by atoms with Crippen molar-refractivity contribution in [2.45, 2.75) is 31.0 Å². The Bertz CT molecular complexity index is 526. The number of hydrogen-bond acceptors (Lipinski definition) is 6. The Hall–Kier alpha value is -1.69. The highest BCUT2D eigenvalue weighted by Gasteiger charge is 2.05. The normalized spacial score (nSPS) is 10.4. The van der Waals surface area contributed by atoms with Gasteiger partial charge in [-0.05, 0) is 38.1 Å². The molecule has 0 spiro atoms. The number of aromatic nitrogens is 4. The van der Waals surface area contributed by atoms with E-state index in [-0.39, 0.29) is 0 Å². The van der Waals surface area contributed by atoms with Gasteiger partial charge in [-0.25, -0.2) is 19.9 Å². The third-order valence-corrected chi connectivity index (χ3v) is 2.94. The van der Waals surface area contributed by atoms with Crippen molar-refractivity contribution in [1.29, 1.82) is 0 Å². The minimum absolute atomic E-state index is 0.696. The van der Waals surface area contributed by atoms with Gasteiger partial charge in [-0.15, -0.1) is 0 Å². The Labute approximate surface area is 110 Å². The first kappa shape index (κ1) is 12.8. The summed E-state index contributed by atoms with van der Waals surface area (Å²) in [6, 6.07) is 1.91. The number of nitrogens with zero attached hydrogens (tertiary/aromatic N) is 4. The SMILES string of the molecule is CCNc1cc(Sc2ncc(C)cn2)nc(C)n1. The van der Waals surface area contributed by atoms with Crippen LogP contribution in [0.25, 0.3) is 0 Å². The smallest absolute Gasteiger partial charge is 0.193 e. The minimum atomic E-state index is 0.696. The van der Waals surface area contributed by atoms with Crippen molar-refractivity contribution in [3.05, 3.63) is 29.8 Å². The first-order valence-electron chi connectivity index (χ1n) is 5.73. The first-order valence-corrected chi connectivity index (χ1v) is 6.55. The molecular weight excluding hydrogens is 246 g/mol. The molecule has 6 heteroatoms. The van der Waals surface area contributed by atoms with Gasteiger partial charge < -0.3 is 5.32 Å². The second-order valence-electron chi connectivity index (χ2n) is 3.81. The van der Waals surface area contributed by atoms with E-state index in [1.54, 1.807) is 12.4 Å². The number of aryl methyl sites for hydroxylation is 2. The molecule has 2 aromatic rings. The fraction of sp³-hybridized carbons (Fsp3) is 0.333. The monoisotopic (exact) mass is 261 g/mol. The Morgan fingerprint density at radius 2 is 1.89 bits per heavy atom. The van der Waals surface area contributed by atoms with Crippen LogP contribution in [0.3, 0.4) is 0 Å². The molecule has 94 valence electrons. The van der Waals surface area contributed by atoms with Gasteiger partial charge in [0.15, 0.2) is 5.16 Å². The second-order valence-corrected chi connectivity index (χ2v) is 4.80. The van der Waals surface area contributed by atoms with Crippen molar-refractivity contribution < 1.29 is 0 Å². The lowest BCUT2D eigenvalue weighted by molar-refractivity contribution is 0.927. The van der Waals surface area contributed by atoms with Crippen LogP contribution < -0.4 is 5.32 Å². The maximum Gasteiger partial charge on any atom is 0.193 e. The van der Waals surface area contributed by atoms with Crippen molar-refractivity contribution in [2.24, 2.45) is 0 Å². The van der Waals surface area contributed by atoms with E-state index in [4.69, 9.17) is 0 Å². The third-order valence-electron chi connectivity index (χ3n) is 2.13. The highest BCUT2D eigenvalue weighted by Crippen LogP contribution is 2.24. The van der Waals surface area contributed by atoms with Gasteiger partial charge in [0.25, 0.3) is 0 Å². The van der Waals surface area contributed by atoms with Crippen molar-refractivity contribution in [3.8, 4) is 0 Å². The molecule has 2 aromatic heterocycles. The van der Waals surface area contributed by atoms with E-state index in [1.165, 1.54) is 11.8 Å². The molecule has 0 fully saturated rings. The molecule has 0 radical (unpaired) electrons. The molecule has 0 bridgehead atoms. The fourth-order valence-corrected chi connectivity index (χ4v) is 2.14. The Morgan fingerprint density at radius 1 is 1.17 bits per heavy atom. The molecule has 0 aliphatic carbocycles. The standard InChI is InChI=1S/C12H15N5S/c1-4-13-10-5-11(17-9(3)16-10)18-12-14-6-8(2)7-15-12/h5-7H,4H2,1-3H3,(H,13,16,17). The molecule has 0 unspecified atom stereocenters. The molecule has 5 nitrogen and oxygen atoms in total. The topological polar surface area (TPSA) is 63.6 Å². The van der Waals surface area contributed by atoms with E-state index in [2.05, 4.69) is 25.3 Å². The van der Waals surface area contributed by atoms with Crippen LogP contribution in [0.5, 0.6) is 0 Å². The molecule has 0 atom stereocenters. The highest BCUT2D eigenvalue weighted by atomic mass is 32.2. The zero-order chi connectivity index (χ0) is 13.0. The second kappa shape index (κ2) is 5.77. The first-order chi connectivity index (χ1) is 8.67. The number of hydrogen-bond donors (Lipinski definition) is 1. The van der Waals surface area contributed by atoms with Gasteiger partial charge in [0.2, 0.25) is 0 Å². The van der Waals surface area contributed by atoms with Gasteiger partial charge in [0.1, 0.15) is 16.7 Å². The van der Waals surface area contributed by atoms with Crippen LogP contribution in [-0.2, 0) is 0 Å². The lowest BCUT2D eigenvalue weighted by Crippen LogP contribution is -2.02. The van der Waals surface area contributed by atoms with Crippen LogP contribution in [0.2, 0.25) is 0 Å². The summed E-state index contributed by atoms with van der Waals surface area (Å²) >= 11 is 1.44. The zero-order valence-electron chi connectivity index (χ0n) is 10.6. The Morgan fingerprint density at radius 3 is 2.56 bits per heavy atom. The predicted molar refractivity (Wildman–Crippen MR) is 71.8 cm³/mol. The van der Waals surface area contributed by atoms with Crippen molar-refractivity contribution >= 4 is 17.6 Å². The maximum atomic E-state index is 4.37. The van der Waals surface area contributed by atoms with Crippen molar-refractivity contribution in [2.75, 3.05) is 11.9 Å². The molecule has 0 aromatic carbocycles. The number of nitrogens with one attached hydrogen (secondary N) is 1. The van der Waals surface area contributed by atoms with Crippen molar-refractivity contribution in [3.63, 3.8) is 0 Å². The summed E-state index contributed by atoms with van der Waals surface area (Å²) in [5.74, 6) is 1.57. The molecule has 0 saturated heterocycles. The molecule has 0 aliphatic heterocycles. The van der Waals surface area contributed by atoms with Crippen molar-refractivity contribution in [1.82, 2.24) is 19.9 Å². The average Bonchev–Trinajstić information content (AvgIpc) is 2.32. The number of rotatable bonds is 4. The van der Waals surface area contributed by atoms with Gasteiger partial charge in [0, 0.05) is 25.0 Å². The molecule has 0 aliphatic rings. The van der Waals surface area contributed by atoms with E-state index < -0.39 is 0 Å². The van der Waals surface area contributed by atoms with Gasteiger partial charge in [0.05, 0.1) is 0 Å². The molecule has 2 heterocycles. The summed E-state index contributed by atoms with van der Waals surface area (Å²) in [6.07, 6.45) is 3.60. The summed E-state index contributed by atoms with van der Waals surface area (Å²) in [7, 11) is 0. The lowest BCUT2D eigenvalue weighted by atomic mass is 10.4. The largest absolute Gasteiger partial charge is 0.370 e. The van der Waals surface area contributed by atoms with Crippen LogP contribution in [0, 0.1) is 13.8 Å². The molecule has 18 heavy (non-hydrogen) atoms. The molecule has 1 N–H and O–H groups in total. The molecular formula is C12H15N5S. The lowest BCUT2D eigenvalue weighted by Gasteiger charge is -2.05. The van der Waals surface area contributed by atoms with Gasteiger partial charge in [-0.3, -0.25) is 0 Å². The van der Waals surface area contributed by atoms with E-state index >= 15 is 0 Å². The fourth-order valence-electron chi connectivity index (χ4n) is 1.39. The Kier molecular flexibility index (Phi) is 4.09. The summed E-state index contributed by atoms with van der Waals surface area (Å²) in [6.45, 7) is 6.71. The van der Waals surface area contributed by atoms with Crippen LogP contribution in [0.15, 0.2) is 28.6 Å². The molecule has 0 amide bonds. The summed E-state index contributed by atoms with van der Waals surface area (Å²) in [4.78, 5) is 17.2. The molecule has 2 rings (SSSR count). The zero-order valence-corrected chi connectivity index (χ0v) is 11.5. The van der Waals surface area contributed by atoms with Gasteiger partial charge in [-0.1, -0.05) is 0 Å². The van der Waals surface area contributed by atoms with Crippen LogP contribution in [0.1, 0.15) is 18.3 Å². The third kappa shape index (κ3) is 3.40. The molecule has 0 saturated carbocycles. The van der Waals surface area contributed by atoms with Crippen LogP contribution >= 0.6 is 11.8 Å². The Balaban J connectivity index is 2.20. The van der Waals surface area contributed by atoms with E-state index in [0.29, 0.717) is 5.16 Å². The average molecular weight is 261 g/mol. The maximum absolute atomic E-state index is 4.37. The van der Waals surface area contributed by atoms with E-state index in [1.807, 2.05) is 26.8 Å². The minimum Gasteiger partial charge on any atom is -0.370 e. The summed E-state index contributed by atoms with van der Waals surface area (Å²) in [5.41, 5.74) is 1.05. The van der Waals surface area contributed by atoms with Crippen LogP contribution in [0.4, 0.5) is 5.82 Å². The van der Waals surface area contributed by atoms with Gasteiger partial charge in [-0.2, -0.15) is 0 Å². The highest BCUT2D eigenvalue weighted by molar-refractivity contribution is 7.99. The predicted octanol–water partition coefficient (Wildman–Crippen LogP) is 2.47.